The number of rotatable bonds is 2. The first-order valence-corrected chi connectivity index (χ1v) is 5.35. The summed E-state index contributed by atoms with van der Waals surface area (Å²) in [4.78, 5) is 11.2. The predicted molar refractivity (Wildman–Crippen MR) is 59.6 cm³/mol. The van der Waals surface area contributed by atoms with E-state index >= 15 is 0 Å². The summed E-state index contributed by atoms with van der Waals surface area (Å²) < 4.78 is 38.5. The highest BCUT2D eigenvalue weighted by Crippen LogP contribution is 2.32. The van der Waals surface area contributed by atoms with Crippen LogP contribution in [0.1, 0.15) is 18.2 Å². The van der Waals surface area contributed by atoms with Gasteiger partial charge in [0.1, 0.15) is 12.0 Å². The Bertz CT molecular complexity index is 538. The second-order valence-corrected chi connectivity index (χ2v) is 3.68. The molecule has 0 aliphatic heterocycles. The molecule has 2 aromatic heterocycles. The third kappa shape index (κ3) is 2.47. The van der Waals surface area contributed by atoms with Crippen molar-refractivity contribution in [3.63, 3.8) is 0 Å². The maximum atomic E-state index is 12.8. The number of alkyl halides is 3. The SMILES string of the molecule is CCc1ccc(-c2cncnc2)nc1C(F)(F)F. The maximum absolute atomic E-state index is 12.8. The van der Waals surface area contributed by atoms with E-state index in [0.717, 1.165) is 0 Å². The van der Waals surface area contributed by atoms with Crippen LogP contribution >= 0.6 is 0 Å². The molecule has 18 heavy (non-hydrogen) atoms. The fourth-order valence-electron chi connectivity index (χ4n) is 1.61. The Morgan fingerprint density at radius 3 is 2.33 bits per heavy atom. The van der Waals surface area contributed by atoms with E-state index in [1.54, 1.807) is 13.0 Å². The molecule has 0 saturated heterocycles. The van der Waals surface area contributed by atoms with Crippen molar-refractivity contribution in [2.75, 3.05) is 0 Å². The lowest BCUT2D eigenvalue weighted by Gasteiger charge is -2.12. The molecule has 2 heterocycles. The van der Waals surface area contributed by atoms with Gasteiger partial charge < -0.3 is 0 Å². The average molecular weight is 253 g/mol. The van der Waals surface area contributed by atoms with Gasteiger partial charge in [-0.1, -0.05) is 13.0 Å². The zero-order valence-electron chi connectivity index (χ0n) is 9.57. The fourth-order valence-corrected chi connectivity index (χ4v) is 1.61. The molecule has 3 nitrogen and oxygen atoms in total. The maximum Gasteiger partial charge on any atom is 0.433 e. The van der Waals surface area contributed by atoms with Crippen molar-refractivity contribution in [3.8, 4) is 11.3 Å². The van der Waals surface area contributed by atoms with Crippen molar-refractivity contribution in [1.29, 1.82) is 0 Å². The van der Waals surface area contributed by atoms with Gasteiger partial charge in [0.2, 0.25) is 0 Å². The topological polar surface area (TPSA) is 38.7 Å². The Hall–Kier alpha value is -1.98. The number of aromatic nitrogens is 3. The van der Waals surface area contributed by atoms with Crippen LogP contribution in [0.15, 0.2) is 30.9 Å². The van der Waals surface area contributed by atoms with Crippen molar-refractivity contribution >= 4 is 0 Å². The van der Waals surface area contributed by atoms with Gasteiger partial charge in [0.05, 0.1) is 5.69 Å². The van der Waals surface area contributed by atoms with Gasteiger partial charge in [-0.15, -0.1) is 0 Å². The molecule has 0 fully saturated rings. The third-order valence-electron chi connectivity index (χ3n) is 2.48. The minimum absolute atomic E-state index is 0.183. The fraction of sp³-hybridized carbons (Fsp3) is 0.250. The molecule has 94 valence electrons. The summed E-state index contributed by atoms with van der Waals surface area (Å²) in [6.07, 6.45) is 0.0151. The van der Waals surface area contributed by atoms with E-state index in [2.05, 4.69) is 15.0 Å². The second-order valence-electron chi connectivity index (χ2n) is 3.68. The molecule has 0 atom stereocenters. The van der Waals surface area contributed by atoms with Crippen LogP contribution in [0.2, 0.25) is 0 Å². The van der Waals surface area contributed by atoms with E-state index in [1.807, 2.05) is 0 Å². The Labute approximate surface area is 102 Å². The largest absolute Gasteiger partial charge is 0.433 e. The van der Waals surface area contributed by atoms with Crippen LogP contribution in [0.3, 0.4) is 0 Å². The van der Waals surface area contributed by atoms with Crippen LogP contribution in [-0.2, 0) is 12.6 Å². The van der Waals surface area contributed by atoms with Crippen molar-refractivity contribution in [2.24, 2.45) is 0 Å². The Morgan fingerprint density at radius 1 is 1.11 bits per heavy atom. The predicted octanol–water partition coefficient (Wildman–Crippen LogP) is 3.12. The monoisotopic (exact) mass is 253 g/mol. The van der Waals surface area contributed by atoms with Gasteiger partial charge in [-0.3, -0.25) is 0 Å². The number of pyridine rings is 1. The number of nitrogens with zero attached hydrogens (tertiary/aromatic N) is 3. The highest BCUT2D eigenvalue weighted by Gasteiger charge is 2.35. The second kappa shape index (κ2) is 4.72. The van der Waals surface area contributed by atoms with E-state index < -0.39 is 11.9 Å². The summed E-state index contributed by atoms with van der Waals surface area (Å²) >= 11 is 0. The molecule has 2 aromatic rings. The van der Waals surface area contributed by atoms with Crippen LogP contribution in [-0.4, -0.2) is 15.0 Å². The summed E-state index contributed by atoms with van der Waals surface area (Å²) in [6, 6.07) is 2.99. The zero-order chi connectivity index (χ0) is 13.2. The normalized spacial score (nSPS) is 11.6. The molecule has 6 heteroatoms. The molecule has 0 aromatic carbocycles. The summed E-state index contributed by atoms with van der Waals surface area (Å²) in [5.41, 5.74) is 0.0280. The minimum atomic E-state index is -4.45. The first kappa shape index (κ1) is 12.5. The van der Waals surface area contributed by atoms with Gasteiger partial charge in [-0.05, 0) is 18.1 Å². The van der Waals surface area contributed by atoms with Crippen LogP contribution in [0.5, 0.6) is 0 Å². The molecule has 0 spiro atoms. The summed E-state index contributed by atoms with van der Waals surface area (Å²) in [6.45, 7) is 1.66. The molecule has 0 amide bonds. The molecule has 0 aliphatic carbocycles. The molecule has 0 saturated carbocycles. The molecular formula is C12H10F3N3. The molecule has 0 aliphatic rings. The first-order chi connectivity index (χ1) is 8.52. The van der Waals surface area contributed by atoms with E-state index in [9.17, 15) is 13.2 Å². The van der Waals surface area contributed by atoms with E-state index in [-0.39, 0.29) is 17.7 Å². The number of halogens is 3. The van der Waals surface area contributed by atoms with Crippen molar-refractivity contribution in [2.45, 2.75) is 19.5 Å². The van der Waals surface area contributed by atoms with Gasteiger partial charge in [0.15, 0.2) is 0 Å². The van der Waals surface area contributed by atoms with E-state index in [0.29, 0.717) is 5.56 Å². The molecule has 0 unspecified atom stereocenters. The highest BCUT2D eigenvalue weighted by atomic mass is 19.4. The molecule has 0 radical (unpaired) electrons. The van der Waals surface area contributed by atoms with Crippen LogP contribution in [0.4, 0.5) is 13.2 Å². The lowest BCUT2D eigenvalue weighted by molar-refractivity contribution is -0.141. The van der Waals surface area contributed by atoms with E-state index in [1.165, 1.54) is 24.8 Å². The van der Waals surface area contributed by atoms with Crippen LogP contribution in [0.25, 0.3) is 11.3 Å². The highest BCUT2D eigenvalue weighted by molar-refractivity contribution is 5.57. The standard InChI is InChI=1S/C12H10F3N3/c1-2-8-3-4-10(9-5-16-7-17-6-9)18-11(8)12(13,14)15/h3-7H,2H2,1H3. The van der Waals surface area contributed by atoms with Crippen molar-refractivity contribution in [1.82, 2.24) is 15.0 Å². The zero-order valence-corrected chi connectivity index (χ0v) is 9.57. The van der Waals surface area contributed by atoms with Gasteiger partial charge in [-0.2, -0.15) is 13.2 Å². The quantitative estimate of drug-likeness (QED) is 0.825. The van der Waals surface area contributed by atoms with Gasteiger partial charge in [-0.25, -0.2) is 15.0 Å². The first-order valence-electron chi connectivity index (χ1n) is 5.35. The molecule has 2 rings (SSSR count). The van der Waals surface area contributed by atoms with E-state index in [4.69, 9.17) is 0 Å². The summed E-state index contributed by atoms with van der Waals surface area (Å²) in [5.74, 6) is 0. The number of hydrogen-bond donors (Lipinski definition) is 0. The average Bonchev–Trinajstić information content (AvgIpc) is 2.38. The number of hydrogen-bond acceptors (Lipinski definition) is 3. The van der Waals surface area contributed by atoms with Gasteiger partial charge in [0, 0.05) is 18.0 Å². The van der Waals surface area contributed by atoms with Crippen LogP contribution in [0, 0.1) is 0 Å². The van der Waals surface area contributed by atoms with Gasteiger partial charge >= 0.3 is 6.18 Å². The Balaban J connectivity index is 2.53. The smallest absolute Gasteiger partial charge is 0.244 e. The lowest BCUT2D eigenvalue weighted by Crippen LogP contribution is -2.12. The van der Waals surface area contributed by atoms with Crippen molar-refractivity contribution < 1.29 is 13.2 Å². The van der Waals surface area contributed by atoms with Gasteiger partial charge in [0.25, 0.3) is 0 Å². The molecular weight excluding hydrogens is 243 g/mol. The molecule has 0 bridgehead atoms. The summed E-state index contributed by atoms with van der Waals surface area (Å²) in [7, 11) is 0. The minimum Gasteiger partial charge on any atom is -0.244 e. The number of aryl methyl sites for hydroxylation is 1. The Kier molecular flexibility index (Phi) is 3.27. The van der Waals surface area contributed by atoms with Crippen LogP contribution < -0.4 is 0 Å². The lowest BCUT2D eigenvalue weighted by atomic mass is 10.1. The van der Waals surface area contributed by atoms with Crippen molar-refractivity contribution in [3.05, 3.63) is 42.1 Å². The Morgan fingerprint density at radius 2 is 1.78 bits per heavy atom. The molecule has 0 N–H and O–H groups in total. The third-order valence-corrected chi connectivity index (χ3v) is 2.48. The summed E-state index contributed by atoms with van der Waals surface area (Å²) in [5, 5.41) is 0.